The molecule has 0 radical (unpaired) electrons. The fourth-order valence-corrected chi connectivity index (χ4v) is 4.66. The van der Waals surface area contributed by atoms with Gasteiger partial charge in [0, 0.05) is 24.8 Å². The van der Waals surface area contributed by atoms with Crippen molar-refractivity contribution in [1.29, 1.82) is 0 Å². The van der Waals surface area contributed by atoms with E-state index in [1.807, 2.05) is 13.8 Å². The third-order valence-corrected chi connectivity index (χ3v) is 6.70. The number of aliphatic hydroxyl groups is 1. The van der Waals surface area contributed by atoms with Crippen molar-refractivity contribution < 1.29 is 19.1 Å². The maximum Gasteiger partial charge on any atom is 0.163 e. The zero-order valence-corrected chi connectivity index (χ0v) is 22.3. The molecule has 3 atom stereocenters. The topological polar surface area (TPSA) is 115 Å². The van der Waals surface area contributed by atoms with Gasteiger partial charge in [0.05, 0.1) is 22.4 Å². The number of rotatable bonds is 9. The van der Waals surface area contributed by atoms with Crippen LogP contribution in [0.25, 0.3) is 22.6 Å². The highest BCUT2D eigenvalue weighted by Crippen LogP contribution is 2.39. The molecule has 2 aromatic heterocycles. The predicted octanol–water partition coefficient (Wildman–Crippen LogP) is 4.66. The number of nitrogens with zero attached hydrogens (tertiary/aromatic N) is 3. The molecule has 0 unspecified atom stereocenters. The van der Waals surface area contributed by atoms with E-state index in [-0.39, 0.29) is 18.8 Å². The van der Waals surface area contributed by atoms with E-state index in [1.54, 1.807) is 25.2 Å². The SMILES string of the molecule is CNC[C@@H](O)COc1ccc(Cl)c(-c2nc(N[C@H]3CCO[C@H](C)C3)c(Cl)c(-c3c(C)noc3C)n2)c1. The van der Waals surface area contributed by atoms with E-state index in [9.17, 15) is 5.11 Å². The summed E-state index contributed by atoms with van der Waals surface area (Å²) in [6.45, 7) is 6.92. The Morgan fingerprint density at radius 1 is 1.25 bits per heavy atom. The summed E-state index contributed by atoms with van der Waals surface area (Å²) >= 11 is 13.5. The van der Waals surface area contributed by atoms with E-state index < -0.39 is 6.10 Å². The van der Waals surface area contributed by atoms with Crippen molar-refractivity contribution in [2.75, 3.05) is 32.1 Å². The number of hydrogen-bond acceptors (Lipinski definition) is 9. The van der Waals surface area contributed by atoms with Crippen LogP contribution < -0.4 is 15.4 Å². The normalized spacial score (nSPS) is 18.8. The summed E-state index contributed by atoms with van der Waals surface area (Å²) in [6.07, 6.45) is 1.15. The number of aromatic nitrogens is 3. The van der Waals surface area contributed by atoms with Gasteiger partial charge in [-0.05, 0) is 58.9 Å². The summed E-state index contributed by atoms with van der Waals surface area (Å²) in [5.41, 5.74) is 2.47. The van der Waals surface area contributed by atoms with Crippen LogP contribution in [-0.4, -0.2) is 65.3 Å². The van der Waals surface area contributed by atoms with Crippen molar-refractivity contribution >= 4 is 29.0 Å². The molecular weight excluding hydrogens is 505 g/mol. The summed E-state index contributed by atoms with van der Waals surface area (Å²) in [5.74, 6) is 2.02. The lowest BCUT2D eigenvalue weighted by Gasteiger charge is -2.29. The van der Waals surface area contributed by atoms with E-state index in [0.29, 0.717) is 68.9 Å². The van der Waals surface area contributed by atoms with Crippen LogP contribution in [0.2, 0.25) is 10.0 Å². The van der Waals surface area contributed by atoms with E-state index in [1.165, 1.54) is 0 Å². The van der Waals surface area contributed by atoms with Crippen molar-refractivity contribution in [3.05, 3.63) is 39.7 Å². The lowest BCUT2D eigenvalue weighted by atomic mass is 10.0. The predicted molar refractivity (Wildman–Crippen MR) is 140 cm³/mol. The van der Waals surface area contributed by atoms with Gasteiger partial charge >= 0.3 is 0 Å². The molecule has 1 saturated heterocycles. The standard InChI is InChI=1S/C25H31Cl2N5O4/c1-13-9-16(7-8-34-13)29-25-22(27)23(21-14(2)32-36-15(21)3)30-24(31-25)19-10-18(5-6-20(19)26)35-12-17(33)11-28-4/h5-6,10,13,16-17,28,33H,7-9,11-12H2,1-4H3,(H,29,30,31)/t13-,16+,17-/m1/s1. The van der Waals surface area contributed by atoms with Crippen LogP contribution in [-0.2, 0) is 4.74 Å². The Labute approximate surface area is 220 Å². The lowest BCUT2D eigenvalue weighted by molar-refractivity contribution is 0.0232. The van der Waals surface area contributed by atoms with Crippen molar-refractivity contribution in [2.24, 2.45) is 0 Å². The van der Waals surface area contributed by atoms with Crippen molar-refractivity contribution in [1.82, 2.24) is 20.4 Å². The van der Waals surface area contributed by atoms with Gasteiger partial charge in [0.25, 0.3) is 0 Å². The number of nitrogens with one attached hydrogen (secondary N) is 2. The van der Waals surface area contributed by atoms with Gasteiger partial charge < -0.3 is 29.7 Å². The van der Waals surface area contributed by atoms with E-state index in [0.717, 1.165) is 12.8 Å². The minimum absolute atomic E-state index is 0.127. The van der Waals surface area contributed by atoms with Crippen LogP contribution in [0.15, 0.2) is 22.7 Å². The van der Waals surface area contributed by atoms with Crippen LogP contribution >= 0.6 is 23.2 Å². The Morgan fingerprint density at radius 3 is 2.75 bits per heavy atom. The monoisotopic (exact) mass is 535 g/mol. The lowest BCUT2D eigenvalue weighted by Crippen LogP contribution is -2.33. The molecule has 194 valence electrons. The first-order chi connectivity index (χ1) is 17.3. The highest BCUT2D eigenvalue weighted by molar-refractivity contribution is 6.35. The summed E-state index contributed by atoms with van der Waals surface area (Å²) in [7, 11) is 1.77. The molecule has 3 aromatic rings. The number of ether oxygens (including phenoxy) is 2. The molecule has 1 fully saturated rings. The number of hydrogen-bond donors (Lipinski definition) is 3. The molecule has 0 aliphatic carbocycles. The Kier molecular flexibility index (Phi) is 8.69. The summed E-state index contributed by atoms with van der Waals surface area (Å²) in [4.78, 5) is 9.57. The summed E-state index contributed by atoms with van der Waals surface area (Å²) in [5, 5.41) is 21.3. The fraction of sp³-hybridized carbons (Fsp3) is 0.480. The minimum atomic E-state index is -0.648. The zero-order valence-electron chi connectivity index (χ0n) is 20.8. The van der Waals surface area contributed by atoms with Gasteiger partial charge in [-0.3, -0.25) is 0 Å². The Balaban J connectivity index is 1.76. The van der Waals surface area contributed by atoms with Gasteiger partial charge in [0.15, 0.2) is 5.82 Å². The second kappa shape index (κ2) is 11.7. The summed E-state index contributed by atoms with van der Waals surface area (Å²) < 4.78 is 16.9. The zero-order chi connectivity index (χ0) is 25.8. The molecule has 0 saturated carbocycles. The van der Waals surface area contributed by atoms with Crippen molar-refractivity contribution in [3.63, 3.8) is 0 Å². The third kappa shape index (κ3) is 6.10. The molecule has 1 aromatic carbocycles. The number of anilines is 1. The first-order valence-electron chi connectivity index (χ1n) is 11.9. The maximum absolute atomic E-state index is 10.0. The molecule has 36 heavy (non-hydrogen) atoms. The molecule has 11 heteroatoms. The van der Waals surface area contributed by atoms with E-state index in [2.05, 4.69) is 22.7 Å². The van der Waals surface area contributed by atoms with E-state index in [4.69, 9.17) is 47.2 Å². The fourth-order valence-electron chi connectivity index (χ4n) is 4.22. The highest BCUT2D eigenvalue weighted by Gasteiger charge is 2.25. The van der Waals surface area contributed by atoms with Gasteiger partial charge in [-0.15, -0.1) is 0 Å². The summed E-state index contributed by atoms with van der Waals surface area (Å²) in [6, 6.07) is 5.36. The number of aryl methyl sites for hydroxylation is 2. The number of aliphatic hydroxyl groups excluding tert-OH is 1. The smallest absolute Gasteiger partial charge is 0.163 e. The van der Waals surface area contributed by atoms with Crippen molar-refractivity contribution in [3.8, 4) is 28.4 Å². The Morgan fingerprint density at radius 2 is 2.06 bits per heavy atom. The molecule has 0 amide bonds. The molecule has 0 bridgehead atoms. The first-order valence-corrected chi connectivity index (χ1v) is 12.7. The quantitative estimate of drug-likeness (QED) is 0.359. The Hall–Kier alpha value is -2.43. The van der Waals surface area contributed by atoms with Crippen LogP contribution in [0.4, 0.5) is 5.82 Å². The van der Waals surface area contributed by atoms with Gasteiger partial charge in [-0.25, -0.2) is 9.97 Å². The van der Waals surface area contributed by atoms with Crippen LogP contribution in [0, 0.1) is 13.8 Å². The van der Waals surface area contributed by atoms with Gasteiger partial charge in [0.1, 0.15) is 40.8 Å². The van der Waals surface area contributed by atoms with E-state index >= 15 is 0 Å². The molecule has 1 aliphatic heterocycles. The molecule has 3 N–H and O–H groups in total. The second-order valence-electron chi connectivity index (χ2n) is 8.97. The van der Waals surface area contributed by atoms with Crippen LogP contribution in [0.3, 0.4) is 0 Å². The molecular formula is C25H31Cl2N5O4. The molecule has 4 rings (SSSR count). The van der Waals surface area contributed by atoms with Gasteiger partial charge in [-0.2, -0.15) is 0 Å². The molecule has 0 spiro atoms. The number of halogens is 2. The third-order valence-electron chi connectivity index (χ3n) is 6.01. The van der Waals surface area contributed by atoms with Gasteiger partial charge in [0.2, 0.25) is 0 Å². The first kappa shape index (κ1) is 26.6. The van der Waals surface area contributed by atoms with Gasteiger partial charge in [-0.1, -0.05) is 28.4 Å². The Bertz CT molecular complexity index is 1190. The highest BCUT2D eigenvalue weighted by atomic mass is 35.5. The average Bonchev–Trinajstić information content (AvgIpc) is 3.18. The minimum Gasteiger partial charge on any atom is -0.491 e. The molecule has 1 aliphatic rings. The molecule has 3 heterocycles. The average molecular weight is 536 g/mol. The van der Waals surface area contributed by atoms with Crippen molar-refractivity contribution in [2.45, 2.75) is 51.9 Å². The number of likely N-dealkylation sites (N-methyl/N-ethyl adjacent to an activating group) is 1. The molecule has 9 nitrogen and oxygen atoms in total. The van der Waals surface area contributed by atoms with Crippen LogP contribution in [0.1, 0.15) is 31.2 Å². The largest absolute Gasteiger partial charge is 0.491 e. The number of benzene rings is 1. The second-order valence-corrected chi connectivity index (χ2v) is 9.75. The van der Waals surface area contributed by atoms with Crippen LogP contribution in [0.5, 0.6) is 5.75 Å². The maximum atomic E-state index is 10.0.